The fourth-order valence-corrected chi connectivity index (χ4v) is 1.74. The van der Waals surface area contributed by atoms with Crippen molar-refractivity contribution in [2.75, 3.05) is 19.8 Å². The topological polar surface area (TPSA) is 106 Å². The molecule has 7 heteroatoms. The molecule has 7 nitrogen and oxygen atoms in total. The van der Waals surface area contributed by atoms with E-state index in [1.807, 2.05) is 0 Å². The SMILES string of the molecule is NC1(C(=O)NCCCc2ncn[nH]2)CCOC1. The highest BCUT2D eigenvalue weighted by molar-refractivity contribution is 5.86. The van der Waals surface area contributed by atoms with Gasteiger partial charge in [-0.1, -0.05) is 0 Å². The van der Waals surface area contributed by atoms with Crippen molar-refractivity contribution >= 4 is 5.91 Å². The number of hydrogen-bond donors (Lipinski definition) is 3. The molecule has 1 aromatic heterocycles. The van der Waals surface area contributed by atoms with E-state index >= 15 is 0 Å². The highest BCUT2D eigenvalue weighted by Crippen LogP contribution is 2.15. The van der Waals surface area contributed by atoms with Gasteiger partial charge >= 0.3 is 0 Å². The molecule has 2 rings (SSSR count). The van der Waals surface area contributed by atoms with Crippen LogP contribution in [-0.2, 0) is 16.0 Å². The Balaban J connectivity index is 1.66. The van der Waals surface area contributed by atoms with Gasteiger partial charge in [0.05, 0.1) is 6.61 Å². The van der Waals surface area contributed by atoms with Crippen molar-refractivity contribution in [2.24, 2.45) is 5.73 Å². The third-order valence-corrected chi connectivity index (χ3v) is 2.85. The smallest absolute Gasteiger partial charge is 0.242 e. The lowest BCUT2D eigenvalue weighted by Gasteiger charge is -2.20. The molecule has 0 radical (unpaired) electrons. The van der Waals surface area contributed by atoms with Crippen LogP contribution in [0, 0.1) is 0 Å². The van der Waals surface area contributed by atoms with E-state index in [-0.39, 0.29) is 5.91 Å². The predicted molar refractivity (Wildman–Crippen MR) is 60.1 cm³/mol. The Hall–Kier alpha value is -1.47. The summed E-state index contributed by atoms with van der Waals surface area (Å²) < 4.78 is 5.14. The van der Waals surface area contributed by atoms with Crippen LogP contribution < -0.4 is 11.1 Å². The molecule has 2 heterocycles. The third kappa shape index (κ3) is 3.01. The summed E-state index contributed by atoms with van der Waals surface area (Å²) in [5.41, 5.74) is 5.07. The number of aromatic amines is 1. The zero-order valence-electron chi connectivity index (χ0n) is 9.61. The van der Waals surface area contributed by atoms with E-state index in [0.717, 1.165) is 18.7 Å². The minimum Gasteiger partial charge on any atom is -0.379 e. The van der Waals surface area contributed by atoms with Crippen molar-refractivity contribution in [3.05, 3.63) is 12.2 Å². The molecule has 0 bridgehead atoms. The second-order valence-electron chi connectivity index (χ2n) is 4.25. The third-order valence-electron chi connectivity index (χ3n) is 2.85. The Morgan fingerprint density at radius 1 is 1.71 bits per heavy atom. The number of aromatic nitrogens is 3. The maximum absolute atomic E-state index is 11.8. The number of nitrogens with one attached hydrogen (secondary N) is 2. The van der Waals surface area contributed by atoms with Crippen LogP contribution in [0.4, 0.5) is 0 Å². The molecule has 1 aromatic rings. The summed E-state index contributed by atoms with van der Waals surface area (Å²) in [7, 11) is 0. The van der Waals surface area contributed by atoms with Crippen molar-refractivity contribution in [2.45, 2.75) is 24.8 Å². The van der Waals surface area contributed by atoms with E-state index < -0.39 is 5.54 Å². The van der Waals surface area contributed by atoms with Crippen molar-refractivity contribution in [3.8, 4) is 0 Å². The van der Waals surface area contributed by atoms with E-state index in [0.29, 0.717) is 26.2 Å². The molecule has 4 N–H and O–H groups in total. The number of aryl methyl sites for hydroxylation is 1. The molecule has 0 saturated carbocycles. The zero-order valence-corrected chi connectivity index (χ0v) is 9.61. The van der Waals surface area contributed by atoms with Crippen LogP contribution in [0.1, 0.15) is 18.7 Å². The lowest BCUT2D eigenvalue weighted by Crippen LogP contribution is -2.54. The summed E-state index contributed by atoms with van der Waals surface area (Å²) in [5.74, 6) is 0.693. The summed E-state index contributed by atoms with van der Waals surface area (Å²) >= 11 is 0. The molecule has 1 fully saturated rings. The van der Waals surface area contributed by atoms with E-state index in [2.05, 4.69) is 20.5 Å². The van der Waals surface area contributed by atoms with Gasteiger partial charge in [0.25, 0.3) is 0 Å². The molecule has 94 valence electrons. The first-order chi connectivity index (χ1) is 8.21. The standard InChI is InChI=1S/C10H17N5O2/c11-10(3-5-17-6-10)9(16)12-4-1-2-8-13-7-14-15-8/h7H,1-6,11H2,(H,12,16)(H,13,14,15). The molecule has 0 aromatic carbocycles. The molecule has 17 heavy (non-hydrogen) atoms. The van der Waals surface area contributed by atoms with Crippen LogP contribution >= 0.6 is 0 Å². The van der Waals surface area contributed by atoms with Gasteiger partial charge in [-0.05, 0) is 12.8 Å². The lowest BCUT2D eigenvalue weighted by molar-refractivity contribution is -0.126. The first kappa shape index (κ1) is 12.0. The number of amides is 1. The van der Waals surface area contributed by atoms with Gasteiger partial charge in [-0.15, -0.1) is 0 Å². The largest absolute Gasteiger partial charge is 0.379 e. The quantitative estimate of drug-likeness (QED) is 0.570. The van der Waals surface area contributed by atoms with Crippen LogP contribution in [0.25, 0.3) is 0 Å². The Kier molecular flexibility index (Phi) is 3.70. The molecule has 1 unspecified atom stereocenters. The van der Waals surface area contributed by atoms with Crippen molar-refractivity contribution in [1.82, 2.24) is 20.5 Å². The molecule has 1 aliphatic rings. The molecule has 0 spiro atoms. The van der Waals surface area contributed by atoms with E-state index in [9.17, 15) is 4.79 Å². The Labute approximate surface area is 99.1 Å². The number of hydrogen-bond acceptors (Lipinski definition) is 5. The van der Waals surface area contributed by atoms with Gasteiger partial charge in [0.1, 0.15) is 17.7 Å². The van der Waals surface area contributed by atoms with Crippen LogP contribution in [0.2, 0.25) is 0 Å². The molecule has 0 aliphatic carbocycles. The molecule has 1 saturated heterocycles. The van der Waals surface area contributed by atoms with Gasteiger partial charge in [0, 0.05) is 19.6 Å². The summed E-state index contributed by atoms with van der Waals surface area (Å²) in [6, 6.07) is 0. The number of nitrogens with two attached hydrogens (primary N) is 1. The molecule has 1 atom stereocenters. The number of ether oxygens (including phenoxy) is 1. The van der Waals surface area contributed by atoms with Crippen molar-refractivity contribution < 1.29 is 9.53 Å². The monoisotopic (exact) mass is 239 g/mol. The lowest BCUT2D eigenvalue weighted by atomic mass is 9.99. The minimum atomic E-state index is -0.841. The van der Waals surface area contributed by atoms with E-state index in [1.165, 1.54) is 6.33 Å². The van der Waals surface area contributed by atoms with Gasteiger partial charge < -0.3 is 15.8 Å². The Morgan fingerprint density at radius 3 is 3.24 bits per heavy atom. The normalized spacial score (nSPS) is 23.8. The van der Waals surface area contributed by atoms with E-state index in [4.69, 9.17) is 10.5 Å². The average Bonchev–Trinajstić information content (AvgIpc) is 2.96. The number of H-pyrrole nitrogens is 1. The van der Waals surface area contributed by atoms with Crippen LogP contribution in [0.5, 0.6) is 0 Å². The minimum absolute atomic E-state index is 0.132. The first-order valence-corrected chi connectivity index (χ1v) is 5.70. The fourth-order valence-electron chi connectivity index (χ4n) is 1.74. The maximum atomic E-state index is 11.8. The maximum Gasteiger partial charge on any atom is 0.242 e. The molecule has 1 aliphatic heterocycles. The number of carbonyl (C=O) groups excluding carboxylic acids is 1. The van der Waals surface area contributed by atoms with E-state index in [1.54, 1.807) is 0 Å². The molecular formula is C10H17N5O2. The first-order valence-electron chi connectivity index (χ1n) is 5.70. The second-order valence-corrected chi connectivity index (χ2v) is 4.25. The predicted octanol–water partition coefficient (Wildman–Crippen LogP) is -1.03. The number of nitrogens with zero attached hydrogens (tertiary/aromatic N) is 2. The fraction of sp³-hybridized carbons (Fsp3) is 0.700. The summed E-state index contributed by atoms with van der Waals surface area (Å²) in [4.78, 5) is 15.8. The van der Waals surface area contributed by atoms with Gasteiger partial charge in [0.15, 0.2) is 0 Å². The summed E-state index contributed by atoms with van der Waals surface area (Å²) in [6.07, 6.45) is 3.62. The van der Waals surface area contributed by atoms with Crippen molar-refractivity contribution in [3.63, 3.8) is 0 Å². The summed E-state index contributed by atoms with van der Waals surface area (Å²) in [5, 5.41) is 9.34. The number of carbonyl (C=O) groups is 1. The van der Waals surface area contributed by atoms with Crippen molar-refractivity contribution in [1.29, 1.82) is 0 Å². The second kappa shape index (κ2) is 5.24. The summed E-state index contributed by atoms with van der Waals surface area (Å²) in [6.45, 7) is 1.45. The van der Waals surface area contributed by atoms with Crippen LogP contribution in [0.3, 0.4) is 0 Å². The van der Waals surface area contributed by atoms with Crippen LogP contribution in [-0.4, -0.2) is 46.4 Å². The Morgan fingerprint density at radius 2 is 2.59 bits per heavy atom. The average molecular weight is 239 g/mol. The molecule has 1 amide bonds. The van der Waals surface area contributed by atoms with Crippen LogP contribution in [0.15, 0.2) is 6.33 Å². The Bertz CT molecular complexity index is 359. The van der Waals surface area contributed by atoms with Gasteiger partial charge in [-0.25, -0.2) is 4.98 Å². The van der Waals surface area contributed by atoms with Gasteiger partial charge in [-0.3, -0.25) is 9.89 Å². The molecular weight excluding hydrogens is 222 g/mol. The van der Waals surface area contributed by atoms with Gasteiger partial charge in [-0.2, -0.15) is 5.10 Å². The highest BCUT2D eigenvalue weighted by atomic mass is 16.5. The number of rotatable bonds is 5. The zero-order chi connectivity index (χ0) is 12.1. The van der Waals surface area contributed by atoms with Gasteiger partial charge in [0.2, 0.25) is 5.91 Å². The highest BCUT2D eigenvalue weighted by Gasteiger charge is 2.37.